The molecule has 0 radical (unpaired) electrons. The first-order valence-electron chi connectivity index (χ1n) is 4.76. The van der Waals surface area contributed by atoms with E-state index in [9.17, 15) is 4.79 Å². The molecule has 0 unspecified atom stereocenters. The second kappa shape index (κ2) is 5.80. The summed E-state index contributed by atoms with van der Waals surface area (Å²) >= 11 is 1.63. The van der Waals surface area contributed by atoms with Crippen molar-refractivity contribution >= 4 is 17.7 Å². The molecule has 0 aliphatic carbocycles. The van der Waals surface area contributed by atoms with E-state index in [1.807, 2.05) is 20.1 Å². The summed E-state index contributed by atoms with van der Waals surface area (Å²) in [6, 6.07) is 0. The molecule has 1 rings (SSSR count). The van der Waals surface area contributed by atoms with Crippen LogP contribution in [0, 0.1) is 0 Å². The molecule has 0 saturated heterocycles. The lowest BCUT2D eigenvalue weighted by Gasteiger charge is -2.04. The number of aromatic nitrogens is 1. The predicted octanol–water partition coefficient (Wildman–Crippen LogP) is 2.32. The normalized spacial score (nSPS) is 10.7. The van der Waals surface area contributed by atoms with Crippen LogP contribution in [0.2, 0.25) is 0 Å². The van der Waals surface area contributed by atoms with Gasteiger partial charge in [0.25, 0.3) is 0 Å². The van der Waals surface area contributed by atoms with Gasteiger partial charge in [0, 0.05) is 11.7 Å². The minimum Gasteiger partial charge on any atom is -0.460 e. The molecule has 0 amide bonds. The molecule has 0 saturated carbocycles. The average molecular weight is 229 g/mol. The van der Waals surface area contributed by atoms with Crippen molar-refractivity contribution in [1.29, 1.82) is 0 Å². The van der Waals surface area contributed by atoms with Crippen molar-refractivity contribution in [3.63, 3.8) is 0 Å². The molecule has 0 fully saturated rings. The van der Waals surface area contributed by atoms with Gasteiger partial charge in [0.2, 0.25) is 0 Å². The standard InChI is InChI=1S/C10H15NO3S/c1-7(2)9-8(11-6-14-9)10(12)13-4-5-15-3/h6-7H,4-5H2,1-3H3. The number of nitrogens with zero attached hydrogens (tertiary/aromatic N) is 1. The van der Waals surface area contributed by atoms with Crippen molar-refractivity contribution in [2.24, 2.45) is 0 Å². The van der Waals surface area contributed by atoms with Gasteiger partial charge in [-0.3, -0.25) is 0 Å². The first kappa shape index (κ1) is 12.1. The Bertz CT molecular complexity index is 322. The molecule has 0 aliphatic heterocycles. The van der Waals surface area contributed by atoms with Gasteiger partial charge >= 0.3 is 5.97 Å². The van der Waals surface area contributed by atoms with Crippen molar-refractivity contribution in [1.82, 2.24) is 4.98 Å². The van der Waals surface area contributed by atoms with Crippen LogP contribution in [-0.2, 0) is 4.74 Å². The summed E-state index contributed by atoms with van der Waals surface area (Å²) in [6.45, 7) is 4.29. The molecule has 0 bridgehead atoms. The van der Waals surface area contributed by atoms with Gasteiger partial charge in [-0.15, -0.1) is 0 Å². The lowest BCUT2D eigenvalue weighted by Crippen LogP contribution is -2.10. The topological polar surface area (TPSA) is 52.3 Å². The van der Waals surface area contributed by atoms with Crippen LogP contribution in [0.25, 0.3) is 0 Å². The quantitative estimate of drug-likeness (QED) is 0.573. The fourth-order valence-corrected chi connectivity index (χ4v) is 1.35. The molecule has 5 heteroatoms. The van der Waals surface area contributed by atoms with E-state index in [1.54, 1.807) is 11.8 Å². The number of oxazole rings is 1. The van der Waals surface area contributed by atoms with Crippen LogP contribution in [0.5, 0.6) is 0 Å². The maximum absolute atomic E-state index is 11.6. The molecule has 84 valence electrons. The Labute approximate surface area is 93.4 Å². The minimum atomic E-state index is -0.401. The third kappa shape index (κ3) is 3.27. The summed E-state index contributed by atoms with van der Waals surface area (Å²) in [6.07, 6.45) is 3.24. The van der Waals surface area contributed by atoms with Gasteiger partial charge in [-0.25, -0.2) is 9.78 Å². The lowest BCUT2D eigenvalue weighted by molar-refractivity contribution is 0.0521. The largest absolute Gasteiger partial charge is 0.460 e. The Kier molecular flexibility index (Phi) is 4.68. The molecule has 1 heterocycles. The highest BCUT2D eigenvalue weighted by Gasteiger charge is 2.20. The molecule has 1 aromatic heterocycles. The van der Waals surface area contributed by atoms with E-state index < -0.39 is 5.97 Å². The van der Waals surface area contributed by atoms with Crippen LogP contribution < -0.4 is 0 Å². The molecule has 0 spiro atoms. The van der Waals surface area contributed by atoms with Crippen LogP contribution in [0.1, 0.15) is 36.0 Å². The van der Waals surface area contributed by atoms with E-state index in [0.717, 1.165) is 5.75 Å². The zero-order chi connectivity index (χ0) is 11.3. The van der Waals surface area contributed by atoms with Crippen molar-refractivity contribution < 1.29 is 13.9 Å². The highest BCUT2D eigenvalue weighted by atomic mass is 32.2. The number of carbonyl (C=O) groups is 1. The van der Waals surface area contributed by atoms with E-state index >= 15 is 0 Å². The van der Waals surface area contributed by atoms with Crippen LogP contribution in [-0.4, -0.2) is 29.6 Å². The molecule has 1 aromatic rings. The molecule has 0 atom stereocenters. The number of hydrogen-bond donors (Lipinski definition) is 0. The van der Waals surface area contributed by atoms with E-state index in [2.05, 4.69) is 4.98 Å². The highest BCUT2D eigenvalue weighted by molar-refractivity contribution is 7.98. The molecule has 0 aromatic carbocycles. The Morgan fingerprint density at radius 3 is 3.00 bits per heavy atom. The summed E-state index contributed by atoms with van der Waals surface area (Å²) in [5, 5.41) is 0. The van der Waals surface area contributed by atoms with E-state index in [1.165, 1.54) is 6.39 Å². The second-order valence-corrected chi connectivity index (χ2v) is 4.33. The summed E-state index contributed by atoms with van der Waals surface area (Å²) in [5.74, 6) is 1.11. The van der Waals surface area contributed by atoms with Gasteiger partial charge in [0.05, 0.1) is 0 Å². The summed E-state index contributed by atoms with van der Waals surface area (Å²) in [4.78, 5) is 15.4. The number of hydrogen-bond acceptors (Lipinski definition) is 5. The number of rotatable bonds is 5. The number of thioether (sulfide) groups is 1. The first-order chi connectivity index (χ1) is 7.16. The fourth-order valence-electron chi connectivity index (χ4n) is 1.10. The zero-order valence-electron chi connectivity index (χ0n) is 9.15. The van der Waals surface area contributed by atoms with Crippen LogP contribution in [0.4, 0.5) is 0 Å². The second-order valence-electron chi connectivity index (χ2n) is 3.35. The molecule has 4 nitrogen and oxygen atoms in total. The van der Waals surface area contributed by atoms with Crippen LogP contribution in [0.15, 0.2) is 10.8 Å². The van der Waals surface area contributed by atoms with E-state index in [4.69, 9.17) is 9.15 Å². The number of esters is 1. The van der Waals surface area contributed by atoms with Crippen LogP contribution in [0.3, 0.4) is 0 Å². The predicted molar refractivity (Wildman–Crippen MR) is 59.3 cm³/mol. The van der Waals surface area contributed by atoms with Gasteiger partial charge in [-0.2, -0.15) is 11.8 Å². The monoisotopic (exact) mass is 229 g/mol. The summed E-state index contributed by atoms with van der Waals surface area (Å²) < 4.78 is 10.2. The van der Waals surface area contributed by atoms with E-state index in [-0.39, 0.29) is 5.92 Å². The van der Waals surface area contributed by atoms with E-state index in [0.29, 0.717) is 18.1 Å². The van der Waals surface area contributed by atoms with Crippen molar-refractivity contribution in [2.75, 3.05) is 18.6 Å². The van der Waals surface area contributed by atoms with Gasteiger partial charge in [0.1, 0.15) is 12.4 Å². The Morgan fingerprint density at radius 1 is 1.67 bits per heavy atom. The van der Waals surface area contributed by atoms with Crippen molar-refractivity contribution in [2.45, 2.75) is 19.8 Å². The highest BCUT2D eigenvalue weighted by Crippen LogP contribution is 2.18. The summed E-state index contributed by atoms with van der Waals surface area (Å²) in [7, 11) is 0. The van der Waals surface area contributed by atoms with Crippen molar-refractivity contribution in [3.8, 4) is 0 Å². The molecular formula is C10H15NO3S. The molecular weight excluding hydrogens is 214 g/mol. The van der Waals surface area contributed by atoms with Crippen LogP contribution >= 0.6 is 11.8 Å². The third-order valence-electron chi connectivity index (χ3n) is 1.83. The van der Waals surface area contributed by atoms with Gasteiger partial charge in [0.15, 0.2) is 12.1 Å². The molecule has 15 heavy (non-hydrogen) atoms. The van der Waals surface area contributed by atoms with Gasteiger partial charge in [-0.1, -0.05) is 13.8 Å². The zero-order valence-corrected chi connectivity index (χ0v) is 9.97. The lowest BCUT2D eigenvalue weighted by atomic mass is 10.1. The Morgan fingerprint density at radius 2 is 2.40 bits per heavy atom. The molecule has 0 N–H and O–H groups in total. The summed E-state index contributed by atoms with van der Waals surface area (Å²) in [5.41, 5.74) is 0.297. The SMILES string of the molecule is CSCCOC(=O)c1ncoc1C(C)C. The number of ether oxygens (including phenoxy) is 1. The first-order valence-corrected chi connectivity index (χ1v) is 6.15. The van der Waals surface area contributed by atoms with Gasteiger partial charge in [-0.05, 0) is 6.26 Å². The third-order valence-corrected chi connectivity index (χ3v) is 2.41. The fraction of sp³-hybridized carbons (Fsp3) is 0.600. The Hall–Kier alpha value is -0.970. The Balaban J connectivity index is 2.61. The average Bonchev–Trinajstić information content (AvgIpc) is 2.66. The molecule has 0 aliphatic rings. The maximum atomic E-state index is 11.6. The number of carbonyl (C=O) groups excluding carboxylic acids is 1. The minimum absolute atomic E-state index is 0.135. The smallest absolute Gasteiger partial charge is 0.360 e. The maximum Gasteiger partial charge on any atom is 0.360 e. The van der Waals surface area contributed by atoms with Gasteiger partial charge < -0.3 is 9.15 Å². The van der Waals surface area contributed by atoms with Crippen molar-refractivity contribution in [3.05, 3.63) is 17.8 Å².